The summed E-state index contributed by atoms with van der Waals surface area (Å²) in [5.74, 6) is 0.390. The van der Waals surface area contributed by atoms with Gasteiger partial charge in [-0.15, -0.1) is 0 Å². The Morgan fingerprint density at radius 2 is 1.79 bits per heavy atom. The topological polar surface area (TPSA) is 61.2 Å². The fraction of sp³-hybridized carbons (Fsp3) is 0.318. The van der Waals surface area contributed by atoms with Crippen molar-refractivity contribution in [1.82, 2.24) is 9.55 Å². The molecule has 0 radical (unpaired) electrons. The zero-order valence-corrected chi connectivity index (χ0v) is 18.0. The summed E-state index contributed by atoms with van der Waals surface area (Å²) < 4.78 is 7.50. The van der Waals surface area contributed by atoms with Crippen molar-refractivity contribution in [3.05, 3.63) is 75.8 Å². The van der Waals surface area contributed by atoms with Crippen molar-refractivity contribution >= 4 is 24.8 Å². The molecule has 0 saturated heterocycles. The molecule has 1 aromatic heterocycles. The van der Waals surface area contributed by atoms with Gasteiger partial charge in [-0.3, -0.25) is 14.2 Å². The number of hydrogen-bond acceptors (Lipinski definition) is 4. The monoisotopic (exact) mass is 394 g/mol. The summed E-state index contributed by atoms with van der Waals surface area (Å²) in [6.07, 6.45) is 0. The van der Waals surface area contributed by atoms with E-state index in [0.29, 0.717) is 27.9 Å². The summed E-state index contributed by atoms with van der Waals surface area (Å²) in [5.41, 5.74) is 1.29. The number of hydrogen-bond donors (Lipinski definition) is 0. The number of aromatic nitrogens is 2. The lowest BCUT2D eigenvalue weighted by Gasteiger charge is -2.26. The molecule has 2 aromatic carbocycles. The van der Waals surface area contributed by atoms with Gasteiger partial charge in [-0.25, -0.2) is 4.98 Å². The van der Waals surface area contributed by atoms with E-state index in [9.17, 15) is 9.59 Å². The second kappa shape index (κ2) is 7.81. The first-order valence-electron chi connectivity index (χ1n) is 9.41. The van der Waals surface area contributed by atoms with Crippen molar-refractivity contribution in [3.63, 3.8) is 0 Å². The predicted molar refractivity (Wildman–Crippen MR) is 115 cm³/mol. The minimum Gasteiger partial charge on any atom is -0.361 e. The third-order valence-electron chi connectivity index (χ3n) is 5.13. The van der Waals surface area contributed by atoms with Crippen LogP contribution in [-0.4, -0.2) is 29.1 Å². The number of ketones is 1. The minimum atomic E-state index is -1.49. The molecule has 1 unspecified atom stereocenters. The van der Waals surface area contributed by atoms with Crippen molar-refractivity contribution in [2.75, 3.05) is 0 Å². The highest BCUT2D eigenvalue weighted by Crippen LogP contribution is 2.19. The van der Waals surface area contributed by atoms with Gasteiger partial charge in [0.15, 0.2) is 5.78 Å². The van der Waals surface area contributed by atoms with Gasteiger partial charge in [-0.2, -0.15) is 0 Å². The van der Waals surface area contributed by atoms with E-state index in [1.807, 2.05) is 25.1 Å². The number of aryl methyl sites for hydroxylation is 1. The van der Waals surface area contributed by atoms with Gasteiger partial charge in [0.25, 0.3) is 5.56 Å². The first-order valence-corrected chi connectivity index (χ1v) is 13.0. The molecule has 0 bridgehead atoms. The third-order valence-corrected chi connectivity index (χ3v) is 7.73. The Kier molecular flexibility index (Phi) is 5.63. The van der Waals surface area contributed by atoms with Gasteiger partial charge < -0.3 is 4.74 Å². The van der Waals surface area contributed by atoms with Gasteiger partial charge in [0, 0.05) is 16.9 Å². The largest absolute Gasteiger partial charge is 0.361 e. The van der Waals surface area contributed by atoms with Crippen molar-refractivity contribution in [2.24, 2.45) is 0 Å². The molecule has 146 valence electrons. The molecule has 0 amide bonds. The first kappa shape index (κ1) is 20.2. The van der Waals surface area contributed by atoms with Crippen LogP contribution in [-0.2, 0) is 11.5 Å². The van der Waals surface area contributed by atoms with Gasteiger partial charge in [0.2, 0.25) is 0 Å². The molecule has 1 heterocycles. The van der Waals surface area contributed by atoms with Gasteiger partial charge in [-0.1, -0.05) is 62.1 Å². The number of carbonyl (C=O) groups is 1. The maximum atomic E-state index is 13.3. The predicted octanol–water partition coefficient (Wildman–Crippen LogP) is 4.18. The van der Waals surface area contributed by atoms with E-state index in [1.54, 1.807) is 37.3 Å². The Bertz CT molecular complexity index is 1070. The van der Waals surface area contributed by atoms with Crippen LogP contribution in [0, 0.1) is 6.92 Å². The van der Waals surface area contributed by atoms with E-state index in [2.05, 4.69) is 24.6 Å². The summed E-state index contributed by atoms with van der Waals surface area (Å²) in [4.78, 5) is 30.8. The summed E-state index contributed by atoms with van der Waals surface area (Å²) in [7, 11) is -1.49. The number of benzene rings is 2. The summed E-state index contributed by atoms with van der Waals surface area (Å²) in [5, 5.41) is 0.339. The minimum absolute atomic E-state index is 0.0932. The Balaban J connectivity index is 2.09. The fourth-order valence-corrected chi connectivity index (χ4v) is 3.47. The molecule has 28 heavy (non-hydrogen) atoms. The highest BCUT2D eigenvalue weighted by molar-refractivity contribution is 6.77. The smallest absolute Gasteiger partial charge is 0.264 e. The molecule has 0 aliphatic carbocycles. The Labute approximate surface area is 166 Å². The summed E-state index contributed by atoms with van der Waals surface area (Å²) in [6.45, 7) is 10.6. The molecule has 3 aromatic rings. The molecule has 0 spiro atoms. The van der Waals surface area contributed by atoms with Gasteiger partial charge in [0.05, 0.1) is 19.0 Å². The quantitative estimate of drug-likeness (QED) is 0.465. The van der Waals surface area contributed by atoms with Crippen molar-refractivity contribution < 1.29 is 9.53 Å². The Hall–Kier alpha value is -2.57. The molecule has 0 N–H and O–H groups in total. The van der Waals surface area contributed by atoms with Crippen LogP contribution in [0.15, 0.2) is 53.3 Å². The summed E-state index contributed by atoms with van der Waals surface area (Å²) in [6, 6.07) is 14.2. The van der Waals surface area contributed by atoms with E-state index in [0.717, 1.165) is 0 Å². The molecule has 1 atom stereocenters. The van der Waals surface area contributed by atoms with Crippen LogP contribution in [0.1, 0.15) is 28.7 Å². The second-order valence-corrected chi connectivity index (χ2v) is 13.6. The van der Waals surface area contributed by atoms with Crippen molar-refractivity contribution in [3.8, 4) is 0 Å². The molecule has 0 aliphatic heterocycles. The third kappa shape index (κ3) is 3.98. The van der Waals surface area contributed by atoms with Crippen molar-refractivity contribution in [1.29, 1.82) is 0 Å². The molecule has 5 nitrogen and oxygen atoms in total. The fourth-order valence-electron chi connectivity index (χ4n) is 2.90. The van der Waals surface area contributed by atoms with E-state index in [-0.39, 0.29) is 23.8 Å². The van der Waals surface area contributed by atoms with E-state index >= 15 is 0 Å². The lowest BCUT2D eigenvalue weighted by Crippen LogP contribution is -2.39. The standard InChI is InChI=1S/C22H26N2O3Si/c1-15-23-19-13-9-12-18(21(25)17-10-7-6-8-11-17)20(19)22(26)24(15)14-27-16(2)28(3,4)5/h6-13,16H,14H2,1-5H3. The van der Waals surface area contributed by atoms with Crippen LogP contribution in [0.3, 0.4) is 0 Å². The number of rotatable bonds is 6. The van der Waals surface area contributed by atoms with E-state index in [1.165, 1.54) is 4.57 Å². The average Bonchev–Trinajstić information content (AvgIpc) is 2.66. The number of fused-ring (bicyclic) bond motifs is 1. The molecule has 0 saturated carbocycles. The van der Waals surface area contributed by atoms with Crippen LogP contribution < -0.4 is 5.56 Å². The molecule has 0 fully saturated rings. The molecule has 0 aliphatic rings. The normalized spacial score (nSPS) is 12.9. The second-order valence-electron chi connectivity index (χ2n) is 8.09. The lowest BCUT2D eigenvalue weighted by molar-refractivity contribution is 0.0528. The van der Waals surface area contributed by atoms with Gasteiger partial charge >= 0.3 is 0 Å². The van der Waals surface area contributed by atoms with Crippen LogP contribution in [0.2, 0.25) is 19.6 Å². The van der Waals surface area contributed by atoms with E-state index in [4.69, 9.17) is 4.74 Å². The Morgan fingerprint density at radius 3 is 2.43 bits per heavy atom. The van der Waals surface area contributed by atoms with Crippen LogP contribution >= 0.6 is 0 Å². The molecule has 6 heteroatoms. The van der Waals surface area contributed by atoms with Crippen molar-refractivity contribution in [2.45, 2.75) is 45.9 Å². The number of nitrogens with zero attached hydrogens (tertiary/aromatic N) is 2. The van der Waals surface area contributed by atoms with Crippen LogP contribution in [0.5, 0.6) is 0 Å². The highest BCUT2D eigenvalue weighted by Gasteiger charge is 2.24. The maximum absolute atomic E-state index is 13.3. The zero-order valence-electron chi connectivity index (χ0n) is 17.0. The SMILES string of the molecule is Cc1nc2cccc(C(=O)c3ccccc3)c2c(=O)n1COC(C)[Si](C)(C)C. The Morgan fingerprint density at radius 1 is 1.11 bits per heavy atom. The molecular weight excluding hydrogens is 368 g/mol. The lowest BCUT2D eigenvalue weighted by atomic mass is 10.00. The number of ether oxygens (including phenoxy) is 1. The highest BCUT2D eigenvalue weighted by atomic mass is 28.3. The van der Waals surface area contributed by atoms with Crippen LogP contribution in [0.4, 0.5) is 0 Å². The van der Waals surface area contributed by atoms with E-state index < -0.39 is 8.07 Å². The zero-order chi connectivity index (χ0) is 20.5. The molecule has 3 rings (SSSR count). The number of carbonyl (C=O) groups excluding carboxylic acids is 1. The average molecular weight is 395 g/mol. The van der Waals surface area contributed by atoms with Crippen LogP contribution in [0.25, 0.3) is 10.9 Å². The maximum Gasteiger partial charge on any atom is 0.264 e. The van der Waals surface area contributed by atoms with Gasteiger partial charge in [0.1, 0.15) is 12.6 Å². The first-order chi connectivity index (χ1) is 13.2. The molecular formula is C22H26N2O3Si. The summed E-state index contributed by atoms with van der Waals surface area (Å²) >= 11 is 0. The van der Waals surface area contributed by atoms with Gasteiger partial charge in [-0.05, 0) is 19.9 Å².